The Morgan fingerprint density at radius 1 is 0.950 bits per heavy atom. The molecule has 0 saturated carbocycles. The molecule has 0 heterocycles. The van der Waals surface area contributed by atoms with Crippen molar-refractivity contribution in [3.8, 4) is 0 Å². The van der Waals surface area contributed by atoms with Gasteiger partial charge in [-0.05, 0) is 49.1 Å². The van der Waals surface area contributed by atoms with Crippen LogP contribution in [0.15, 0.2) is 53.0 Å². The molecule has 0 radical (unpaired) electrons. The van der Waals surface area contributed by atoms with Crippen LogP contribution >= 0.6 is 15.9 Å². The number of nitrogens with one attached hydrogen (secondary N) is 1. The highest BCUT2D eigenvalue weighted by atomic mass is 79.9. The summed E-state index contributed by atoms with van der Waals surface area (Å²) >= 11 is 3.53. The predicted molar refractivity (Wildman–Crippen MR) is 89.9 cm³/mol. The van der Waals surface area contributed by atoms with Crippen molar-refractivity contribution in [3.05, 3.63) is 69.7 Å². The molecule has 2 atom stereocenters. The fourth-order valence-corrected chi connectivity index (χ4v) is 2.80. The van der Waals surface area contributed by atoms with Crippen LogP contribution in [0, 0.1) is 0 Å². The molecule has 2 aromatic rings. The van der Waals surface area contributed by atoms with E-state index in [4.69, 9.17) is 0 Å². The number of rotatable bonds is 5. The lowest BCUT2D eigenvalue weighted by molar-refractivity contribution is 0.494. The fourth-order valence-electron chi connectivity index (χ4n) is 2.39. The molecule has 1 nitrogen and oxygen atoms in total. The molecule has 106 valence electrons. The van der Waals surface area contributed by atoms with Gasteiger partial charge in [-0.25, -0.2) is 0 Å². The van der Waals surface area contributed by atoms with Crippen LogP contribution in [0.2, 0.25) is 0 Å². The molecule has 0 spiro atoms. The van der Waals surface area contributed by atoms with Gasteiger partial charge in [-0.3, -0.25) is 0 Å². The second-order valence-corrected chi connectivity index (χ2v) is 6.18. The predicted octanol–water partition coefficient (Wildman–Crippen LogP) is 5.42. The van der Waals surface area contributed by atoms with Crippen LogP contribution in [0.3, 0.4) is 0 Å². The van der Waals surface area contributed by atoms with Crippen molar-refractivity contribution in [2.24, 2.45) is 0 Å². The first-order chi connectivity index (χ1) is 9.60. The third-order valence-electron chi connectivity index (χ3n) is 3.74. The van der Waals surface area contributed by atoms with Gasteiger partial charge in [0, 0.05) is 16.6 Å². The van der Waals surface area contributed by atoms with E-state index in [0.717, 1.165) is 10.9 Å². The maximum Gasteiger partial charge on any atom is 0.0297 e. The minimum atomic E-state index is 0.327. The van der Waals surface area contributed by atoms with E-state index in [2.05, 4.69) is 90.5 Å². The SMILES string of the molecule is CCc1ccc(C(C)N[C@@H](C)c2cccc(Br)c2)cc1. The number of aryl methyl sites for hydroxylation is 1. The van der Waals surface area contributed by atoms with Crippen molar-refractivity contribution >= 4 is 15.9 Å². The molecule has 0 fully saturated rings. The average Bonchev–Trinajstić information content (AvgIpc) is 2.47. The number of benzene rings is 2. The molecule has 0 bridgehead atoms. The molecule has 1 unspecified atom stereocenters. The third-order valence-corrected chi connectivity index (χ3v) is 4.23. The first-order valence-electron chi connectivity index (χ1n) is 7.20. The molecule has 0 aromatic heterocycles. The molecular formula is C18H22BrN. The zero-order valence-electron chi connectivity index (χ0n) is 12.4. The topological polar surface area (TPSA) is 12.0 Å². The second kappa shape index (κ2) is 7.05. The molecule has 0 aliphatic rings. The van der Waals surface area contributed by atoms with E-state index in [-0.39, 0.29) is 0 Å². The van der Waals surface area contributed by atoms with E-state index in [1.165, 1.54) is 16.7 Å². The van der Waals surface area contributed by atoms with Crippen LogP contribution in [0.4, 0.5) is 0 Å². The zero-order chi connectivity index (χ0) is 14.5. The Balaban J connectivity index is 2.04. The number of hydrogen-bond acceptors (Lipinski definition) is 1. The molecule has 0 amide bonds. The van der Waals surface area contributed by atoms with Gasteiger partial charge in [0.15, 0.2) is 0 Å². The molecule has 2 heteroatoms. The van der Waals surface area contributed by atoms with E-state index >= 15 is 0 Å². The summed E-state index contributed by atoms with van der Waals surface area (Å²) in [6, 6.07) is 18.0. The summed E-state index contributed by atoms with van der Waals surface area (Å²) in [5.74, 6) is 0. The van der Waals surface area contributed by atoms with Gasteiger partial charge in [0.2, 0.25) is 0 Å². The monoisotopic (exact) mass is 331 g/mol. The molecule has 0 aliphatic carbocycles. The molecule has 1 N–H and O–H groups in total. The van der Waals surface area contributed by atoms with Crippen molar-refractivity contribution in [1.29, 1.82) is 0 Å². The normalized spacial score (nSPS) is 14.0. The lowest BCUT2D eigenvalue weighted by atomic mass is 10.0. The molecule has 2 aromatic carbocycles. The first kappa shape index (κ1) is 15.3. The van der Waals surface area contributed by atoms with Crippen molar-refractivity contribution in [2.75, 3.05) is 0 Å². The Labute approximate surface area is 130 Å². The largest absolute Gasteiger partial charge is 0.304 e. The zero-order valence-corrected chi connectivity index (χ0v) is 13.9. The van der Waals surface area contributed by atoms with Gasteiger partial charge in [-0.1, -0.05) is 59.3 Å². The maximum atomic E-state index is 3.66. The third kappa shape index (κ3) is 3.94. The number of halogens is 1. The van der Waals surface area contributed by atoms with E-state index < -0.39 is 0 Å². The van der Waals surface area contributed by atoms with E-state index in [1.54, 1.807) is 0 Å². The van der Waals surface area contributed by atoms with Crippen LogP contribution in [0.5, 0.6) is 0 Å². The fraction of sp³-hybridized carbons (Fsp3) is 0.333. The Morgan fingerprint density at radius 3 is 2.20 bits per heavy atom. The van der Waals surface area contributed by atoms with Gasteiger partial charge < -0.3 is 5.32 Å². The Bertz CT molecular complexity index is 548. The lowest BCUT2D eigenvalue weighted by Gasteiger charge is -2.21. The molecule has 0 saturated heterocycles. The molecule has 0 aliphatic heterocycles. The summed E-state index contributed by atoms with van der Waals surface area (Å²) in [5, 5.41) is 3.66. The summed E-state index contributed by atoms with van der Waals surface area (Å²) in [7, 11) is 0. The van der Waals surface area contributed by atoms with Crippen LogP contribution in [-0.2, 0) is 6.42 Å². The summed E-state index contributed by atoms with van der Waals surface area (Å²) < 4.78 is 1.13. The van der Waals surface area contributed by atoms with Gasteiger partial charge in [0.1, 0.15) is 0 Å². The minimum absolute atomic E-state index is 0.327. The highest BCUT2D eigenvalue weighted by Crippen LogP contribution is 2.22. The highest BCUT2D eigenvalue weighted by Gasteiger charge is 2.11. The van der Waals surface area contributed by atoms with Crippen LogP contribution < -0.4 is 5.32 Å². The van der Waals surface area contributed by atoms with Crippen molar-refractivity contribution < 1.29 is 0 Å². The van der Waals surface area contributed by atoms with Crippen molar-refractivity contribution in [1.82, 2.24) is 5.32 Å². The standard InChI is InChI=1S/C18H22BrN/c1-4-15-8-10-16(11-9-15)13(2)20-14(3)17-6-5-7-18(19)12-17/h5-14,20H,4H2,1-3H3/t13?,14-/m0/s1. The van der Waals surface area contributed by atoms with E-state index in [1.807, 2.05) is 0 Å². The van der Waals surface area contributed by atoms with E-state index in [0.29, 0.717) is 12.1 Å². The van der Waals surface area contributed by atoms with Crippen LogP contribution in [0.25, 0.3) is 0 Å². The average molecular weight is 332 g/mol. The van der Waals surface area contributed by atoms with Gasteiger partial charge in [0.05, 0.1) is 0 Å². The Morgan fingerprint density at radius 2 is 1.60 bits per heavy atom. The lowest BCUT2D eigenvalue weighted by Crippen LogP contribution is -2.22. The molecule has 2 rings (SSSR count). The van der Waals surface area contributed by atoms with Gasteiger partial charge in [0.25, 0.3) is 0 Å². The first-order valence-corrected chi connectivity index (χ1v) is 7.99. The number of hydrogen-bond donors (Lipinski definition) is 1. The maximum absolute atomic E-state index is 3.66. The summed E-state index contributed by atoms with van der Waals surface area (Å²) in [6.07, 6.45) is 1.09. The summed E-state index contributed by atoms with van der Waals surface area (Å²) in [6.45, 7) is 6.61. The second-order valence-electron chi connectivity index (χ2n) is 5.26. The Hall–Kier alpha value is -1.12. The minimum Gasteiger partial charge on any atom is -0.304 e. The van der Waals surface area contributed by atoms with Gasteiger partial charge >= 0.3 is 0 Å². The smallest absolute Gasteiger partial charge is 0.0297 e. The Kier molecular flexibility index (Phi) is 5.38. The van der Waals surface area contributed by atoms with Crippen molar-refractivity contribution in [3.63, 3.8) is 0 Å². The summed E-state index contributed by atoms with van der Waals surface area (Å²) in [5.41, 5.74) is 4.03. The van der Waals surface area contributed by atoms with Crippen LogP contribution in [0.1, 0.15) is 49.5 Å². The quantitative estimate of drug-likeness (QED) is 0.770. The highest BCUT2D eigenvalue weighted by molar-refractivity contribution is 9.10. The van der Waals surface area contributed by atoms with E-state index in [9.17, 15) is 0 Å². The summed E-state index contributed by atoms with van der Waals surface area (Å²) in [4.78, 5) is 0. The van der Waals surface area contributed by atoms with Gasteiger partial charge in [-0.15, -0.1) is 0 Å². The van der Waals surface area contributed by atoms with Gasteiger partial charge in [-0.2, -0.15) is 0 Å². The van der Waals surface area contributed by atoms with Crippen molar-refractivity contribution in [2.45, 2.75) is 39.3 Å². The molecular weight excluding hydrogens is 310 g/mol. The van der Waals surface area contributed by atoms with Crippen LogP contribution in [-0.4, -0.2) is 0 Å². The molecule has 20 heavy (non-hydrogen) atoms.